The van der Waals surface area contributed by atoms with Crippen LogP contribution < -0.4 is 10.6 Å². The molecule has 1 aromatic rings. The van der Waals surface area contributed by atoms with Crippen molar-refractivity contribution >= 4 is 11.8 Å². The van der Waals surface area contributed by atoms with Crippen LogP contribution in [0.2, 0.25) is 0 Å². The Morgan fingerprint density at radius 3 is 2.57 bits per heavy atom. The van der Waals surface area contributed by atoms with Gasteiger partial charge in [0.25, 0.3) is 5.91 Å². The Labute approximate surface area is 166 Å². The van der Waals surface area contributed by atoms with E-state index in [1.165, 1.54) is 32.1 Å². The molecule has 2 heterocycles. The Balaban J connectivity index is 1.43. The lowest BCUT2D eigenvalue weighted by atomic mass is 9.89. The molecule has 154 valence electrons. The van der Waals surface area contributed by atoms with Crippen molar-refractivity contribution < 1.29 is 19.4 Å². The second kappa shape index (κ2) is 10.5. The van der Waals surface area contributed by atoms with E-state index in [0.29, 0.717) is 30.7 Å². The van der Waals surface area contributed by atoms with Gasteiger partial charge in [0, 0.05) is 24.5 Å². The molecule has 28 heavy (non-hydrogen) atoms. The summed E-state index contributed by atoms with van der Waals surface area (Å²) < 4.78 is 5.91. The molecule has 1 saturated carbocycles. The number of nitrogens with zero attached hydrogens (tertiary/aromatic N) is 1. The fraction of sp³-hybridized carbons (Fsp3) is 0.667. The van der Waals surface area contributed by atoms with E-state index in [1.807, 2.05) is 0 Å². The number of hydrogen-bond acceptors (Lipinski definition) is 5. The lowest BCUT2D eigenvalue weighted by Gasteiger charge is -2.36. The van der Waals surface area contributed by atoms with Gasteiger partial charge in [-0.3, -0.25) is 14.6 Å². The average Bonchev–Trinajstić information content (AvgIpc) is 2.74. The van der Waals surface area contributed by atoms with E-state index >= 15 is 0 Å². The van der Waals surface area contributed by atoms with Crippen molar-refractivity contribution in [3.05, 3.63) is 30.1 Å². The molecule has 1 saturated heterocycles. The van der Waals surface area contributed by atoms with Crippen molar-refractivity contribution in [2.45, 2.75) is 69.6 Å². The van der Waals surface area contributed by atoms with Crippen LogP contribution in [-0.4, -0.2) is 53.3 Å². The number of aliphatic hydroxyl groups excluding tert-OH is 1. The minimum atomic E-state index is -0.504. The number of hydrogen-bond donors (Lipinski definition) is 3. The summed E-state index contributed by atoms with van der Waals surface area (Å²) in [6.07, 6.45) is 10.3. The van der Waals surface area contributed by atoms with Crippen LogP contribution >= 0.6 is 0 Å². The molecule has 2 fully saturated rings. The Morgan fingerprint density at radius 1 is 1.11 bits per heavy atom. The molecule has 0 aromatic carbocycles. The summed E-state index contributed by atoms with van der Waals surface area (Å²) in [7, 11) is 0. The van der Waals surface area contributed by atoms with Gasteiger partial charge < -0.3 is 20.5 Å². The summed E-state index contributed by atoms with van der Waals surface area (Å²) in [5.74, 6) is 0.396. The van der Waals surface area contributed by atoms with E-state index in [9.17, 15) is 14.7 Å². The van der Waals surface area contributed by atoms with Gasteiger partial charge in [0.05, 0.1) is 25.2 Å². The normalized spacial score (nSPS) is 25.8. The second-order valence-corrected chi connectivity index (χ2v) is 7.88. The molecule has 0 unspecified atom stereocenters. The molecule has 1 aliphatic carbocycles. The van der Waals surface area contributed by atoms with Gasteiger partial charge in [0.2, 0.25) is 5.91 Å². The molecule has 0 bridgehead atoms. The van der Waals surface area contributed by atoms with E-state index in [2.05, 4.69) is 15.6 Å². The number of carbonyl (C=O) groups is 2. The number of rotatable bonds is 7. The zero-order valence-corrected chi connectivity index (χ0v) is 16.3. The standard InChI is InChI=1S/C21H31N3O4/c25-14-19-18(24-21(27)16-8-10-22-11-9-16)7-6-17(28-19)12-20(26)23-13-15-4-2-1-3-5-15/h8-11,15,17-19,25H,1-7,12-14H2,(H,23,26)(H,24,27)/t17-,18+,19-/m1/s1. The molecule has 7 heteroatoms. The van der Waals surface area contributed by atoms with Crippen LogP contribution in [0.15, 0.2) is 24.5 Å². The molecule has 3 rings (SSSR count). The smallest absolute Gasteiger partial charge is 0.251 e. The number of pyridine rings is 1. The summed E-state index contributed by atoms with van der Waals surface area (Å²) in [6.45, 7) is 0.557. The Bertz CT molecular complexity index is 634. The number of nitrogens with one attached hydrogen (secondary N) is 2. The van der Waals surface area contributed by atoms with Gasteiger partial charge >= 0.3 is 0 Å². The summed E-state index contributed by atoms with van der Waals surface area (Å²) in [4.78, 5) is 28.5. The van der Waals surface area contributed by atoms with Gasteiger partial charge in [-0.05, 0) is 43.7 Å². The first kappa shape index (κ1) is 20.7. The van der Waals surface area contributed by atoms with Crippen LogP contribution in [0.3, 0.4) is 0 Å². The maximum Gasteiger partial charge on any atom is 0.251 e. The van der Waals surface area contributed by atoms with Crippen LogP contribution in [-0.2, 0) is 9.53 Å². The maximum atomic E-state index is 12.3. The highest BCUT2D eigenvalue weighted by Gasteiger charge is 2.33. The predicted octanol–water partition coefficient (Wildman–Crippen LogP) is 1.81. The van der Waals surface area contributed by atoms with Crippen molar-refractivity contribution in [2.75, 3.05) is 13.2 Å². The second-order valence-electron chi connectivity index (χ2n) is 7.88. The number of amides is 2. The fourth-order valence-electron chi connectivity index (χ4n) is 4.13. The minimum Gasteiger partial charge on any atom is -0.394 e. The summed E-state index contributed by atoms with van der Waals surface area (Å²) in [5, 5.41) is 15.6. The number of aliphatic hydroxyl groups is 1. The van der Waals surface area contributed by atoms with Crippen LogP contribution in [0.4, 0.5) is 0 Å². The molecule has 0 spiro atoms. The first-order valence-corrected chi connectivity index (χ1v) is 10.4. The molecule has 0 radical (unpaired) electrons. The summed E-state index contributed by atoms with van der Waals surface area (Å²) >= 11 is 0. The SMILES string of the molecule is O=C(C[C@H]1CC[C@H](NC(=O)c2ccncc2)[C@@H](CO)O1)NCC1CCCCC1. The van der Waals surface area contributed by atoms with Crippen molar-refractivity contribution in [3.8, 4) is 0 Å². The van der Waals surface area contributed by atoms with Crippen molar-refractivity contribution in [1.29, 1.82) is 0 Å². The van der Waals surface area contributed by atoms with Crippen LogP contribution in [0.25, 0.3) is 0 Å². The first-order chi connectivity index (χ1) is 13.7. The third kappa shape index (κ3) is 6.01. The zero-order chi connectivity index (χ0) is 19.8. The van der Waals surface area contributed by atoms with E-state index in [0.717, 1.165) is 6.54 Å². The van der Waals surface area contributed by atoms with Crippen LogP contribution in [0.5, 0.6) is 0 Å². The largest absolute Gasteiger partial charge is 0.394 e. The third-order valence-electron chi connectivity index (χ3n) is 5.78. The average molecular weight is 389 g/mol. The molecule has 3 N–H and O–H groups in total. The van der Waals surface area contributed by atoms with E-state index in [4.69, 9.17) is 4.74 Å². The van der Waals surface area contributed by atoms with Gasteiger partial charge in [0.1, 0.15) is 6.10 Å². The molecule has 1 aliphatic heterocycles. The van der Waals surface area contributed by atoms with Gasteiger partial charge in [0.15, 0.2) is 0 Å². The maximum absolute atomic E-state index is 12.3. The van der Waals surface area contributed by atoms with Crippen molar-refractivity contribution in [1.82, 2.24) is 15.6 Å². The first-order valence-electron chi connectivity index (χ1n) is 10.4. The Morgan fingerprint density at radius 2 is 1.86 bits per heavy atom. The molecule has 2 aliphatic rings. The van der Waals surface area contributed by atoms with Crippen molar-refractivity contribution in [2.24, 2.45) is 5.92 Å². The summed E-state index contributed by atoms with van der Waals surface area (Å²) in [5.41, 5.74) is 0.524. The van der Waals surface area contributed by atoms with E-state index < -0.39 is 6.10 Å². The van der Waals surface area contributed by atoms with Crippen LogP contribution in [0.1, 0.15) is 61.7 Å². The lowest BCUT2D eigenvalue weighted by Crippen LogP contribution is -2.51. The Kier molecular flexibility index (Phi) is 7.80. The predicted molar refractivity (Wildman–Crippen MR) is 105 cm³/mol. The highest BCUT2D eigenvalue weighted by molar-refractivity contribution is 5.94. The molecular formula is C21H31N3O4. The third-order valence-corrected chi connectivity index (χ3v) is 5.78. The summed E-state index contributed by atoms with van der Waals surface area (Å²) in [6, 6.07) is 3.02. The zero-order valence-electron chi connectivity index (χ0n) is 16.3. The number of aromatic nitrogens is 1. The highest BCUT2D eigenvalue weighted by atomic mass is 16.5. The monoisotopic (exact) mass is 389 g/mol. The van der Waals surface area contributed by atoms with Gasteiger partial charge in [-0.1, -0.05) is 19.3 Å². The molecule has 1 aromatic heterocycles. The van der Waals surface area contributed by atoms with Crippen LogP contribution in [0, 0.1) is 5.92 Å². The molecule has 3 atom stereocenters. The molecule has 7 nitrogen and oxygen atoms in total. The topological polar surface area (TPSA) is 101 Å². The number of ether oxygens (including phenoxy) is 1. The van der Waals surface area contributed by atoms with Gasteiger partial charge in [-0.15, -0.1) is 0 Å². The molecule has 2 amide bonds. The van der Waals surface area contributed by atoms with Crippen molar-refractivity contribution in [3.63, 3.8) is 0 Å². The van der Waals surface area contributed by atoms with E-state index in [1.54, 1.807) is 24.5 Å². The van der Waals surface area contributed by atoms with E-state index in [-0.39, 0.29) is 30.6 Å². The number of carbonyl (C=O) groups excluding carboxylic acids is 2. The Hall–Kier alpha value is -1.99. The minimum absolute atomic E-state index is 0.00605. The molecular weight excluding hydrogens is 358 g/mol. The van der Waals surface area contributed by atoms with Gasteiger partial charge in [-0.25, -0.2) is 0 Å². The fourth-order valence-corrected chi connectivity index (χ4v) is 4.13. The highest BCUT2D eigenvalue weighted by Crippen LogP contribution is 2.24. The van der Waals surface area contributed by atoms with Gasteiger partial charge in [-0.2, -0.15) is 0 Å². The quantitative estimate of drug-likeness (QED) is 0.660. The lowest BCUT2D eigenvalue weighted by molar-refractivity contribution is -0.131.